The summed E-state index contributed by atoms with van der Waals surface area (Å²) in [6.07, 6.45) is 1.48. The number of ether oxygens (including phenoxy) is 1. The summed E-state index contributed by atoms with van der Waals surface area (Å²) in [5.41, 5.74) is 12.2. The van der Waals surface area contributed by atoms with Gasteiger partial charge in [-0.2, -0.15) is 5.10 Å². The number of primary amides is 1. The van der Waals surface area contributed by atoms with E-state index in [4.69, 9.17) is 16.2 Å². The molecule has 0 radical (unpaired) electrons. The second-order valence-corrected chi connectivity index (χ2v) is 8.19. The van der Waals surface area contributed by atoms with Gasteiger partial charge in [0.1, 0.15) is 17.1 Å². The molecular formula is C24H25F2N5O3. The average Bonchev–Trinajstić information content (AvgIpc) is 3.17. The Labute approximate surface area is 194 Å². The van der Waals surface area contributed by atoms with Gasteiger partial charge in [0, 0.05) is 29.8 Å². The summed E-state index contributed by atoms with van der Waals surface area (Å²) in [7, 11) is 0. The number of benzene rings is 2. The molecule has 1 aliphatic rings. The van der Waals surface area contributed by atoms with Crippen molar-refractivity contribution < 1.29 is 23.1 Å². The lowest BCUT2D eigenvalue weighted by Gasteiger charge is -2.23. The molecule has 1 unspecified atom stereocenters. The van der Waals surface area contributed by atoms with Crippen LogP contribution in [0.3, 0.4) is 0 Å². The van der Waals surface area contributed by atoms with E-state index in [2.05, 4.69) is 10.4 Å². The Kier molecular flexibility index (Phi) is 6.60. The van der Waals surface area contributed by atoms with Crippen molar-refractivity contribution in [2.45, 2.75) is 32.4 Å². The van der Waals surface area contributed by atoms with E-state index in [0.29, 0.717) is 25.2 Å². The number of carbonyl (C=O) groups is 2. The lowest BCUT2D eigenvalue weighted by molar-refractivity contribution is 0.0558. The first-order valence-corrected chi connectivity index (χ1v) is 10.9. The highest BCUT2D eigenvalue weighted by Gasteiger charge is 2.29. The van der Waals surface area contributed by atoms with Crippen LogP contribution in [0.2, 0.25) is 0 Å². The predicted molar refractivity (Wildman–Crippen MR) is 122 cm³/mol. The molecule has 34 heavy (non-hydrogen) atoms. The summed E-state index contributed by atoms with van der Waals surface area (Å²) in [5, 5.41) is 6.91. The van der Waals surface area contributed by atoms with Gasteiger partial charge in [0.15, 0.2) is 11.6 Å². The summed E-state index contributed by atoms with van der Waals surface area (Å²) in [6, 6.07) is 9.33. The first-order chi connectivity index (χ1) is 16.3. The minimum absolute atomic E-state index is 0.0209. The number of hydrogen-bond acceptors (Lipinski definition) is 5. The molecule has 0 spiro atoms. The van der Waals surface area contributed by atoms with Crippen LogP contribution < -0.4 is 16.8 Å². The molecular weight excluding hydrogens is 444 g/mol. The molecule has 2 aromatic carbocycles. The molecule has 1 fully saturated rings. The Morgan fingerprint density at radius 1 is 1.21 bits per heavy atom. The molecule has 178 valence electrons. The molecule has 0 aliphatic carbocycles. The lowest BCUT2D eigenvalue weighted by Crippen LogP contribution is -2.24. The Balaban J connectivity index is 1.63. The maximum Gasteiger partial charge on any atom is 0.254 e. The van der Waals surface area contributed by atoms with Crippen LogP contribution in [-0.4, -0.2) is 34.8 Å². The van der Waals surface area contributed by atoms with E-state index in [1.54, 1.807) is 31.2 Å². The summed E-state index contributed by atoms with van der Waals surface area (Å²) < 4.78 is 36.9. The second-order valence-electron chi connectivity index (χ2n) is 8.19. The number of hydrogen-bond donors (Lipinski definition) is 3. The Morgan fingerprint density at radius 2 is 1.97 bits per heavy atom. The highest BCUT2D eigenvalue weighted by molar-refractivity contribution is 6.03. The molecule has 1 aromatic heterocycles. The first-order valence-electron chi connectivity index (χ1n) is 10.9. The Bertz CT molecular complexity index is 1250. The molecule has 1 atom stereocenters. The average molecular weight is 469 g/mol. The van der Waals surface area contributed by atoms with Crippen molar-refractivity contribution >= 4 is 17.6 Å². The van der Waals surface area contributed by atoms with Gasteiger partial charge in [-0.3, -0.25) is 9.59 Å². The van der Waals surface area contributed by atoms with E-state index >= 15 is 4.39 Å². The van der Waals surface area contributed by atoms with Gasteiger partial charge in [0.25, 0.3) is 11.8 Å². The number of anilines is 1. The highest BCUT2D eigenvalue weighted by Crippen LogP contribution is 2.34. The van der Waals surface area contributed by atoms with Crippen molar-refractivity contribution in [3.63, 3.8) is 0 Å². The number of carbonyl (C=O) groups excluding carboxylic acids is 2. The van der Waals surface area contributed by atoms with E-state index in [-0.39, 0.29) is 40.8 Å². The van der Waals surface area contributed by atoms with Crippen molar-refractivity contribution in [2.75, 3.05) is 18.9 Å². The largest absolute Gasteiger partial charge is 0.383 e. The molecule has 0 saturated carbocycles. The zero-order valence-corrected chi connectivity index (χ0v) is 18.6. The lowest BCUT2D eigenvalue weighted by atomic mass is 10.0. The molecule has 2 heterocycles. The number of rotatable bonds is 6. The fourth-order valence-corrected chi connectivity index (χ4v) is 4.08. The zero-order valence-electron chi connectivity index (χ0n) is 18.6. The molecule has 5 N–H and O–H groups in total. The van der Waals surface area contributed by atoms with Gasteiger partial charge in [-0.1, -0.05) is 24.3 Å². The summed E-state index contributed by atoms with van der Waals surface area (Å²) in [6.45, 7) is 2.49. The standard InChI is InChI=1S/C24H25F2N5O3/c1-13-5-2-3-7-16(13)24(33)29-11-14-8-9-17(20(26)19(14)25)21-18(23(28)32)22(27)31(30-21)15-6-4-10-34-12-15/h2-3,5,7-9,15H,4,6,10-12,27H2,1H3,(H2,28,32)(H,29,33). The summed E-state index contributed by atoms with van der Waals surface area (Å²) in [5.74, 6) is -3.70. The third-order valence-electron chi connectivity index (χ3n) is 5.92. The quantitative estimate of drug-likeness (QED) is 0.512. The van der Waals surface area contributed by atoms with E-state index in [1.807, 2.05) is 0 Å². The van der Waals surface area contributed by atoms with Gasteiger partial charge in [-0.05, 0) is 37.5 Å². The van der Waals surface area contributed by atoms with E-state index in [1.165, 1.54) is 16.8 Å². The van der Waals surface area contributed by atoms with Gasteiger partial charge in [0.2, 0.25) is 0 Å². The minimum atomic E-state index is -1.21. The van der Waals surface area contributed by atoms with E-state index in [0.717, 1.165) is 12.0 Å². The van der Waals surface area contributed by atoms with Crippen molar-refractivity contribution in [3.05, 3.63) is 70.3 Å². The van der Waals surface area contributed by atoms with Gasteiger partial charge in [-0.25, -0.2) is 13.5 Å². The maximum absolute atomic E-state index is 15.1. The molecule has 0 bridgehead atoms. The fourth-order valence-electron chi connectivity index (χ4n) is 4.08. The van der Waals surface area contributed by atoms with Crippen molar-refractivity contribution in [3.8, 4) is 11.3 Å². The van der Waals surface area contributed by atoms with Crippen LogP contribution in [0.4, 0.5) is 14.6 Å². The summed E-state index contributed by atoms with van der Waals surface area (Å²) in [4.78, 5) is 24.5. The predicted octanol–water partition coefficient (Wildman–Crippen LogP) is 3.10. The number of aromatic nitrogens is 2. The number of nitrogens with one attached hydrogen (secondary N) is 1. The number of nitrogens with zero attached hydrogens (tertiary/aromatic N) is 2. The molecule has 3 aromatic rings. The normalized spacial score (nSPS) is 15.8. The van der Waals surface area contributed by atoms with E-state index < -0.39 is 23.4 Å². The topological polar surface area (TPSA) is 125 Å². The minimum Gasteiger partial charge on any atom is -0.383 e. The monoisotopic (exact) mass is 469 g/mol. The molecule has 10 heteroatoms. The molecule has 8 nitrogen and oxygen atoms in total. The third kappa shape index (κ3) is 4.36. The van der Waals surface area contributed by atoms with Crippen LogP contribution in [0.15, 0.2) is 36.4 Å². The van der Waals surface area contributed by atoms with Crippen LogP contribution in [0.5, 0.6) is 0 Å². The van der Waals surface area contributed by atoms with Crippen LogP contribution in [0.25, 0.3) is 11.3 Å². The zero-order chi connectivity index (χ0) is 24.4. The van der Waals surface area contributed by atoms with Crippen molar-refractivity contribution in [2.24, 2.45) is 5.73 Å². The van der Waals surface area contributed by atoms with Crippen molar-refractivity contribution in [1.82, 2.24) is 15.1 Å². The number of amides is 2. The fraction of sp³-hybridized carbons (Fsp3) is 0.292. The number of halogens is 2. The second kappa shape index (κ2) is 9.60. The van der Waals surface area contributed by atoms with Crippen LogP contribution in [-0.2, 0) is 11.3 Å². The molecule has 1 aliphatic heterocycles. The smallest absolute Gasteiger partial charge is 0.254 e. The Hall–Kier alpha value is -3.79. The third-order valence-corrected chi connectivity index (χ3v) is 5.92. The number of nitrogens with two attached hydrogens (primary N) is 2. The first kappa shape index (κ1) is 23.4. The van der Waals surface area contributed by atoms with Gasteiger partial charge in [-0.15, -0.1) is 0 Å². The molecule has 1 saturated heterocycles. The number of nitrogen functional groups attached to an aromatic ring is 1. The maximum atomic E-state index is 15.1. The van der Waals surface area contributed by atoms with Crippen molar-refractivity contribution in [1.29, 1.82) is 0 Å². The van der Waals surface area contributed by atoms with E-state index in [9.17, 15) is 14.0 Å². The molecule has 4 rings (SSSR count). The van der Waals surface area contributed by atoms with Gasteiger partial charge >= 0.3 is 0 Å². The van der Waals surface area contributed by atoms with Crippen LogP contribution in [0.1, 0.15) is 50.7 Å². The SMILES string of the molecule is Cc1ccccc1C(=O)NCc1ccc(-c2nn(C3CCCOC3)c(N)c2C(N)=O)c(F)c1F. The van der Waals surface area contributed by atoms with Gasteiger partial charge in [0.05, 0.1) is 12.6 Å². The van der Waals surface area contributed by atoms with Gasteiger partial charge < -0.3 is 21.5 Å². The Morgan fingerprint density at radius 3 is 2.65 bits per heavy atom. The highest BCUT2D eigenvalue weighted by atomic mass is 19.2. The van der Waals surface area contributed by atoms with Crippen LogP contribution in [0, 0.1) is 18.6 Å². The molecule has 2 amide bonds. The summed E-state index contributed by atoms with van der Waals surface area (Å²) >= 11 is 0. The van der Waals surface area contributed by atoms with Crippen LogP contribution >= 0.6 is 0 Å². The number of aryl methyl sites for hydroxylation is 1.